The van der Waals surface area contributed by atoms with E-state index in [1.165, 1.54) is 20.8 Å². The van der Waals surface area contributed by atoms with Crippen LogP contribution in [0.25, 0.3) is 47.6 Å². The lowest BCUT2D eigenvalue weighted by Crippen LogP contribution is -2.53. The molecular formula is C51H66N18O3. The number of aryl methyl sites for hydroxylation is 3. The van der Waals surface area contributed by atoms with E-state index in [1.54, 1.807) is 0 Å². The molecule has 6 atom stereocenters. The van der Waals surface area contributed by atoms with Gasteiger partial charge in [-0.2, -0.15) is 0 Å². The fourth-order valence-electron chi connectivity index (χ4n) is 6.66. The van der Waals surface area contributed by atoms with Crippen LogP contribution in [0.5, 0.6) is 0 Å². The highest BCUT2D eigenvalue weighted by molar-refractivity contribution is 5.90. The highest BCUT2D eigenvalue weighted by Crippen LogP contribution is 2.32. The average molecular weight is 1020 g/mol. The van der Waals surface area contributed by atoms with E-state index in [4.69, 9.17) is 70.4 Å². The minimum absolute atomic E-state index is 0.0502. The molecule has 3 saturated heterocycles. The van der Waals surface area contributed by atoms with Gasteiger partial charge in [0.05, 0.1) is 48.0 Å². The van der Waals surface area contributed by atoms with Gasteiger partial charge in [-0.3, -0.25) is 14.4 Å². The molecule has 21 heteroatoms. The van der Waals surface area contributed by atoms with Crippen LogP contribution in [0.3, 0.4) is 0 Å². The molecule has 0 spiro atoms. The van der Waals surface area contributed by atoms with Crippen molar-refractivity contribution in [2.45, 2.75) is 78.6 Å². The van der Waals surface area contributed by atoms with Gasteiger partial charge in [0.15, 0.2) is 0 Å². The SMILES string of the molecule is [2H]c1nc(N(C)[C@@]2([2H])C([2H])([2H])N(C(=O)C[N+]#[C-])C([2H])([2H])C([2H])([2H])[C@@]2([2H])C([2H])([2H])[2H])c2c([2H])c(C)[nH]c2n1.[2H]c1nc(N([C@@H]2[C@H](C([2H])([2H])[2H])C([2H])([2H])C([2H])([2H])N(C(=O)C[N+]#[C-])C2([2H])[2H])C([2H])([2H])[2H])c2c([2H])c(C)[nH]c2n1.[2H]c1nc(N([C@@H]2[C@H](C)C([2H])([2H])C([2H])([2H])N(C(=O)C[N+]#[C-])C2([2H])[2H])C([2H])([2H])[2H])c2c([2H])c(C)[nH]c2n1. The largest absolute Gasteiger partial charge is 0.354 e. The standard InChI is InChI=1S/3C17H22N6O/c3*1-11-5-6-23(15(24)8-18-3)9-14(11)22(4)17-13-7-12(2)21-16(13)19-10-20-17/h3*7,10-11,14H,5-6,8-9H2,1-2,4H3,(H,19,20,21)/t3*11-,14+/m111/s1/i1D3,5D2,6D2,7D,9D2,10D,11D,14D;1D3,4D3,5D2,6D2,7D,9D2,10D;4D3,5D2,6D2,7D,9D2,10D. The van der Waals surface area contributed by atoms with Gasteiger partial charge in [0, 0.05) is 111 Å². The summed E-state index contributed by atoms with van der Waals surface area (Å²) in [6.45, 7) is -12.4. The van der Waals surface area contributed by atoms with Crippen LogP contribution in [-0.4, -0.2) is 175 Å². The van der Waals surface area contributed by atoms with E-state index in [0.717, 1.165) is 14.0 Å². The van der Waals surface area contributed by atoms with E-state index < -0.39 is 195 Å². The van der Waals surface area contributed by atoms with Crippen LogP contribution in [0, 0.1) is 58.2 Å². The van der Waals surface area contributed by atoms with Crippen LogP contribution >= 0.6 is 0 Å². The lowest BCUT2D eigenvalue weighted by Gasteiger charge is -2.41. The average Bonchev–Trinajstić information content (AvgIpc) is 0.738. The fraction of sp³-hybridized carbons (Fsp3) is 0.529. The van der Waals surface area contributed by atoms with Crippen molar-refractivity contribution in [2.24, 2.45) is 17.7 Å². The highest BCUT2D eigenvalue weighted by Gasteiger charge is 2.36. The minimum Gasteiger partial charge on any atom is -0.354 e. The molecule has 378 valence electrons. The minimum atomic E-state index is -3.96. The Morgan fingerprint density at radius 2 is 1.03 bits per heavy atom. The maximum absolute atomic E-state index is 12.8. The molecule has 9 heterocycles. The molecule has 3 amide bonds. The zero-order chi connectivity index (χ0) is 85.0. The van der Waals surface area contributed by atoms with Gasteiger partial charge in [-0.05, 0) is 75.7 Å². The van der Waals surface area contributed by atoms with E-state index in [0.29, 0.717) is 9.80 Å². The van der Waals surface area contributed by atoms with Crippen molar-refractivity contribution < 1.29 is 66.5 Å². The Labute approximate surface area is 474 Å². The lowest BCUT2D eigenvalue weighted by atomic mass is 9.92. The third-order valence-corrected chi connectivity index (χ3v) is 10.0. The van der Waals surface area contributed by atoms with Crippen LogP contribution in [-0.2, 0) is 14.4 Å². The van der Waals surface area contributed by atoms with Crippen LogP contribution in [0.15, 0.2) is 37.0 Å². The molecule has 0 aliphatic carbocycles. The van der Waals surface area contributed by atoms with Crippen molar-refractivity contribution in [3.8, 4) is 0 Å². The first-order chi connectivity index (χ1) is 49.4. The molecule has 0 aromatic carbocycles. The molecular weight excluding hydrogens is 913 g/mol. The van der Waals surface area contributed by atoms with E-state index in [-0.39, 0.29) is 87.9 Å². The third-order valence-electron chi connectivity index (χ3n) is 10.0. The first-order valence-corrected chi connectivity index (χ1v) is 20.7. The second-order valence-corrected chi connectivity index (χ2v) is 15.2. The molecule has 6 aromatic rings. The summed E-state index contributed by atoms with van der Waals surface area (Å²) < 4.78 is 317. The van der Waals surface area contributed by atoms with Gasteiger partial charge in [-0.25, -0.2) is 49.6 Å². The number of piperidine rings is 3. The van der Waals surface area contributed by atoms with Crippen LogP contribution in [0.4, 0.5) is 17.5 Å². The first-order valence-electron chi connectivity index (χ1n) is 39.7. The number of aromatic amines is 3. The fourth-order valence-corrected chi connectivity index (χ4v) is 6.66. The van der Waals surface area contributed by atoms with Gasteiger partial charge in [0.2, 0.25) is 0 Å². The molecule has 3 aliphatic heterocycles. The van der Waals surface area contributed by atoms with Crippen molar-refractivity contribution in [3.05, 3.63) is 88.4 Å². The zero-order valence-electron chi connectivity index (χ0n) is 76.4. The Kier molecular flexibility index (Phi) is 6.96. The Balaban J connectivity index is 0.000000230. The topological polar surface area (TPSA) is 208 Å². The Morgan fingerprint density at radius 1 is 0.639 bits per heavy atom. The van der Waals surface area contributed by atoms with E-state index in [9.17, 15) is 15.8 Å². The number of carbonyl (C=O) groups is 3. The quantitative estimate of drug-likeness (QED) is 0.152. The summed E-state index contributed by atoms with van der Waals surface area (Å²) in [6, 6.07) is -9.33. The normalized spacial score (nSPS) is 37.6. The summed E-state index contributed by atoms with van der Waals surface area (Å²) in [4.78, 5) is 78.0. The Hall–Kier alpha value is -7.86. The van der Waals surface area contributed by atoms with Crippen molar-refractivity contribution in [1.29, 1.82) is 0 Å². The van der Waals surface area contributed by atoms with Crippen LogP contribution < -0.4 is 14.7 Å². The summed E-state index contributed by atoms with van der Waals surface area (Å²) >= 11 is 0. The summed E-state index contributed by atoms with van der Waals surface area (Å²) in [6.07, 6.45) is -12.7. The number of likely N-dealkylation sites (N-methyl/N-ethyl adjacent to an activating group) is 3. The van der Waals surface area contributed by atoms with Crippen LogP contribution in [0.1, 0.15) is 109 Å². The number of amides is 3. The second-order valence-electron chi connectivity index (χ2n) is 15.2. The van der Waals surface area contributed by atoms with E-state index in [2.05, 4.69) is 59.4 Å². The van der Waals surface area contributed by atoms with Gasteiger partial charge >= 0.3 is 17.7 Å². The predicted molar refractivity (Wildman–Crippen MR) is 278 cm³/mol. The van der Waals surface area contributed by atoms with Crippen molar-refractivity contribution in [3.63, 3.8) is 0 Å². The number of hydrogen-bond acceptors (Lipinski definition) is 12. The van der Waals surface area contributed by atoms with E-state index in [1.807, 2.05) is 0 Å². The van der Waals surface area contributed by atoms with Crippen molar-refractivity contribution in [1.82, 2.24) is 59.6 Å². The van der Waals surface area contributed by atoms with Gasteiger partial charge < -0.3 is 58.9 Å². The molecule has 0 bridgehead atoms. The smallest absolute Gasteiger partial charge is 0.302 e. The number of rotatable bonds is 9. The first kappa shape index (κ1) is 21.9. The van der Waals surface area contributed by atoms with E-state index >= 15 is 0 Å². The van der Waals surface area contributed by atoms with Gasteiger partial charge in [0.25, 0.3) is 19.6 Å². The lowest BCUT2D eigenvalue weighted by molar-refractivity contribution is -0.131. The number of hydrogen-bond donors (Lipinski definition) is 3. The number of anilines is 3. The number of likely N-dealkylation sites (tertiary alicyclic amines) is 3. The number of carbonyl (C=O) groups excluding carboxylic acids is 3. The molecule has 0 radical (unpaired) electrons. The molecule has 72 heavy (non-hydrogen) atoms. The molecule has 0 unspecified atom stereocenters. The Morgan fingerprint density at radius 3 is 1.43 bits per heavy atom. The molecule has 3 N–H and O–H groups in total. The second kappa shape index (κ2) is 22.9. The highest BCUT2D eigenvalue weighted by atomic mass is 16.2. The maximum atomic E-state index is 12.8. The summed E-state index contributed by atoms with van der Waals surface area (Å²) in [5, 5.41) is -0.715. The molecule has 9 rings (SSSR count). The number of nitrogens with zero attached hydrogens (tertiary/aromatic N) is 15. The molecule has 0 saturated carbocycles. The number of aromatic nitrogens is 9. The molecule has 6 aromatic heterocycles. The van der Waals surface area contributed by atoms with Crippen molar-refractivity contribution >= 4 is 68.3 Å². The van der Waals surface area contributed by atoms with Crippen molar-refractivity contribution in [2.75, 3.05) is 94.3 Å². The number of fused-ring (bicyclic) bond motifs is 3. The third kappa shape index (κ3) is 11.5. The summed E-state index contributed by atoms with van der Waals surface area (Å²) in [5.74, 6) is -14.9. The predicted octanol–water partition coefficient (Wildman–Crippen LogP) is 5.58. The molecule has 3 fully saturated rings. The van der Waals surface area contributed by atoms with Crippen LogP contribution in [0.2, 0.25) is 0 Å². The van der Waals surface area contributed by atoms with Gasteiger partial charge in [-0.15, -0.1) is 0 Å². The number of H-pyrrole nitrogens is 3. The number of nitrogens with one attached hydrogen (secondary N) is 3. The maximum Gasteiger partial charge on any atom is 0.302 e. The monoisotopic (exact) mass is 1020 g/mol. The van der Waals surface area contributed by atoms with Gasteiger partial charge in [0.1, 0.15) is 57.4 Å². The zero-order valence-corrected chi connectivity index (χ0v) is 38.4. The Bertz CT molecular complexity index is 4780. The molecule has 21 nitrogen and oxygen atoms in total. The summed E-state index contributed by atoms with van der Waals surface area (Å²) in [5.41, 5.74) is 0.215. The summed E-state index contributed by atoms with van der Waals surface area (Å²) in [7, 11) is 0.872. The van der Waals surface area contributed by atoms with Gasteiger partial charge in [-0.1, -0.05) is 20.6 Å². The molecule has 3 aliphatic rings.